The molecular formula is C9H9N3O. The normalized spacial score (nSPS) is 10.2. The van der Waals surface area contributed by atoms with Crippen molar-refractivity contribution in [1.82, 2.24) is 14.8 Å². The lowest BCUT2D eigenvalue weighted by Crippen LogP contribution is -2.14. The molecule has 2 rings (SSSR count). The van der Waals surface area contributed by atoms with Gasteiger partial charge in [0.25, 0.3) is 5.56 Å². The molecule has 0 aliphatic carbocycles. The summed E-state index contributed by atoms with van der Waals surface area (Å²) in [5.74, 6) is 0.620. The van der Waals surface area contributed by atoms with Gasteiger partial charge in [-0.05, 0) is 19.1 Å². The Labute approximate surface area is 74.8 Å². The van der Waals surface area contributed by atoms with Crippen LogP contribution in [0.4, 0.5) is 0 Å². The highest BCUT2D eigenvalue weighted by atomic mass is 16.1. The Hall–Kier alpha value is -1.84. The van der Waals surface area contributed by atoms with Gasteiger partial charge in [0, 0.05) is 18.0 Å². The van der Waals surface area contributed by atoms with Crippen molar-refractivity contribution in [3.63, 3.8) is 0 Å². The van der Waals surface area contributed by atoms with Crippen molar-refractivity contribution in [3.8, 4) is 5.82 Å². The second kappa shape index (κ2) is 2.90. The molecular weight excluding hydrogens is 166 g/mol. The molecule has 0 saturated heterocycles. The number of nitrogens with zero attached hydrogens (tertiary/aromatic N) is 2. The SMILES string of the molecule is Cc1cccc(-n2[nH]ccc2=O)n1. The number of hydrogen-bond donors (Lipinski definition) is 1. The van der Waals surface area contributed by atoms with Gasteiger partial charge in [-0.3, -0.25) is 9.89 Å². The fourth-order valence-electron chi connectivity index (χ4n) is 1.15. The summed E-state index contributed by atoms with van der Waals surface area (Å²) in [5.41, 5.74) is 0.789. The number of aryl methyl sites for hydroxylation is 1. The number of pyridine rings is 1. The molecule has 0 radical (unpaired) electrons. The second-order valence-corrected chi connectivity index (χ2v) is 2.77. The molecule has 2 heterocycles. The fourth-order valence-corrected chi connectivity index (χ4v) is 1.15. The highest BCUT2D eigenvalue weighted by Crippen LogP contribution is 2.00. The standard InChI is InChI=1S/C9H9N3O/c1-7-3-2-4-8(11-7)12-9(13)5-6-10-12/h2-6,10H,1H3. The van der Waals surface area contributed by atoms with Crippen LogP contribution in [-0.4, -0.2) is 14.8 Å². The minimum Gasteiger partial charge on any atom is -0.297 e. The summed E-state index contributed by atoms with van der Waals surface area (Å²) in [6.45, 7) is 1.89. The smallest absolute Gasteiger partial charge is 0.272 e. The van der Waals surface area contributed by atoms with Gasteiger partial charge in [0.05, 0.1) is 0 Å². The first-order valence-corrected chi connectivity index (χ1v) is 3.98. The van der Waals surface area contributed by atoms with Crippen LogP contribution >= 0.6 is 0 Å². The maximum absolute atomic E-state index is 11.2. The molecule has 0 bridgehead atoms. The number of aromatic nitrogens is 3. The van der Waals surface area contributed by atoms with E-state index in [0.717, 1.165) is 5.69 Å². The van der Waals surface area contributed by atoms with Crippen LogP contribution in [0.3, 0.4) is 0 Å². The second-order valence-electron chi connectivity index (χ2n) is 2.77. The number of rotatable bonds is 1. The van der Waals surface area contributed by atoms with E-state index in [4.69, 9.17) is 0 Å². The highest BCUT2D eigenvalue weighted by Gasteiger charge is 1.99. The number of hydrogen-bond acceptors (Lipinski definition) is 2. The van der Waals surface area contributed by atoms with Crippen LogP contribution in [0.5, 0.6) is 0 Å². The molecule has 2 aromatic heterocycles. The molecule has 0 aromatic carbocycles. The molecule has 0 saturated carbocycles. The molecule has 2 aromatic rings. The maximum atomic E-state index is 11.2. The van der Waals surface area contributed by atoms with Gasteiger partial charge in [0.15, 0.2) is 5.82 Å². The summed E-state index contributed by atoms with van der Waals surface area (Å²) in [5, 5.41) is 2.79. The first-order valence-electron chi connectivity index (χ1n) is 3.98. The first-order chi connectivity index (χ1) is 6.27. The van der Waals surface area contributed by atoms with Crippen molar-refractivity contribution < 1.29 is 0 Å². The summed E-state index contributed by atoms with van der Waals surface area (Å²) in [7, 11) is 0. The predicted octanol–water partition coefficient (Wildman–Crippen LogP) is 0.869. The van der Waals surface area contributed by atoms with Crippen molar-refractivity contribution in [1.29, 1.82) is 0 Å². The van der Waals surface area contributed by atoms with E-state index in [-0.39, 0.29) is 5.56 Å². The lowest BCUT2D eigenvalue weighted by atomic mass is 10.4. The summed E-state index contributed by atoms with van der Waals surface area (Å²) >= 11 is 0. The van der Waals surface area contributed by atoms with Crippen molar-refractivity contribution >= 4 is 0 Å². The van der Waals surface area contributed by atoms with E-state index >= 15 is 0 Å². The van der Waals surface area contributed by atoms with Crippen molar-refractivity contribution in [2.75, 3.05) is 0 Å². The Morgan fingerprint density at radius 1 is 1.38 bits per heavy atom. The van der Waals surface area contributed by atoms with E-state index in [9.17, 15) is 4.79 Å². The van der Waals surface area contributed by atoms with E-state index in [1.807, 2.05) is 19.1 Å². The third kappa shape index (κ3) is 1.38. The van der Waals surface area contributed by atoms with Crippen molar-refractivity contribution in [3.05, 3.63) is 46.5 Å². The minimum absolute atomic E-state index is 0.0990. The van der Waals surface area contributed by atoms with Crippen LogP contribution in [0.1, 0.15) is 5.69 Å². The highest BCUT2D eigenvalue weighted by molar-refractivity contribution is 5.22. The van der Waals surface area contributed by atoms with Crippen LogP contribution in [0.25, 0.3) is 5.82 Å². The number of aromatic amines is 1. The summed E-state index contributed by atoms with van der Waals surface area (Å²) in [6, 6.07) is 7.00. The zero-order valence-corrected chi connectivity index (χ0v) is 7.19. The van der Waals surface area contributed by atoms with E-state index in [2.05, 4.69) is 10.1 Å². The summed E-state index contributed by atoms with van der Waals surface area (Å²) in [4.78, 5) is 15.4. The number of nitrogens with one attached hydrogen (secondary N) is 1. The Kier molecular flexibility index (Phi) is 1.73. The molecule has 66 valence electrons. The van der Waals surface area contributed by atoms with E-state index in [1.165, 1.54) is 10.7 Å². The predicted molar refractivity (Wildman–Crippen MR) is 48.9 cm³/mol. The van der Waals surface area contributed by atoms with E-state index in [1.54, 1.807) is 12.3 Å². The van der Waals surface area contributed by atoms with Gasteiger partial charge in [-0.1, -0.05) is 6.07 Å². The zero-order valence-electron chi connectivity index (χ0n) is 7.19. The summed E-state index contributed by atoms with van der Waals surface area (Å²) < 4.78 is 1.40. The lowest BCUT2D eigenvalue weighted by Gasteiger charge is -2.00. The molecule has 0 amide bonds. The quantitative estimate of drug-likeness (QED) is 0.699. The van der Waals surface area contributed by atoms with Crippen LogP contribution in [0.15, 0.2) is 35.3 Å². The average molecular weight is 175 g/mol. The van der Waals surface area contributed by atoms with Crippen LogP contribution in [-0.2, 0) is 0 Å². The molecule has 0 fully saturated rings. The van der Waals surface area contributed by atoms with Gasteiger partial charge in [0.2, 0.25) is 0 Å². The molecule has 0 unspecified atom stereocenters. The number of H-pyrrole nitrogens is 1. The topological polar surface area (TPSA) is 50.7 Å². The van der Waals surface area contributed by atoms with Gasteiger partial charge in [-0.25, -0.2) is 9.67 Å². The Balaban J connectivity index is 2.59. The van der Waals surface area contributed by atoms with Crippen molar-refractivity contribution in [2.24, 2.45) is 0 Å². The van der Waals surface area contributed by atoms with Crippen LogP contribution in [0.2, 0.25) is 0 Å². The van der Waals surface area contributed by atoms with Gasteiger partial charge in [-0.15, -0.1) is 0 Å². The molecule has 0 aliphatic heterocycles. The van der Waals surface area contributed by atoms with E-state index < -0.39 is 0 Å². The minimum atomic E-state index is -0.0990. The average Bonchev–Trinajstić information content (AvgIpc) is 2.51. The largest absolute Gasteiger partial charge is 0.297 e. The molecule has 1 N–H and O–H groups in total. The fraction of sp³-hybridized carbons (Fsp3) is 0.111. The first kappa shape index (κ1) is 7.79. The summed E-state index contributed by atoms with van der Waals surface area (Å²) in [6.07, 6.45) is 1.59. The van der Waals surface area contributed by atoms with E-state index in [0.29, 0.717) is 5.82 Å². The van der Waals surface area contributed by atoms with Gasteiger partial charge in [-0.2, -0.15) is 0 Å². The monoisotopic (exact) mass is 175 g/mol. The third-order valence-electron chi connectivity index (χ3n) is 1.75. The third-order valence-corrected chi connectivity index (χ3v) is 1.75. The van der Waals surface area contributed by atoms with Gasteiger partial charge >= 0.3 is 0 Å². The Morgan fingerprint density at radius 3 is 2.85 bits per heavy atom. The Morgan fingerprint density at radius 2 is 2.23 bits per heavy atom. The molecule has 13 heavy (non-hydrogen) atoms. The van der Waals surface area contributed by atoms with Crippen molar-refractivity contribution in [2.45, 2.75) is 6.92 Å². The van der Waals surface area contributed by atoms with Gasteiger partial charge < -0.3 is 0 Å². The lowest BCUT2D eigenvalue weighted by molar-refractivity contribution is 0.814. The maximum Gasteiger partial charge on any atom is 0.272 e. The van der Waals surface area contributed by atoms with Crippen LogP contribution < -0.4 is 5.56 Å². The molecule has 0 spiro atoms. The molecule has 0 atom stereocenters. The van der Waals surface area contributed by atoms with Crippen LogP contribution in [0, 0.1) is 6.92 Å². The van der Waals surface area contributed by atoms with Gasteiger partial charge in [0.1, 0.15) is 0 Å². The molecule has 4 nitrogen and oxygen atoms in total. The molecule has 0 aliphatic rings. The Bertz CT molecular complexity index is 469. The zero-order chi connectivity index (χ0) is 9.26. The molecule has 4 heteroatoms.